The molecule has 0 spiro atoms. The van der Waals surface area contributed by atoms with Gasteiger partial charge in [0, 0.05) is 41.4 Å². The maximum absolute atomic E-state index is 12.0. The fourth-order valence-electron chi connectivity index (χ4n) is 2.00. The number of hydrogen-bond acceptors (Lipinski definition) is 5. The lowest BCUT2D eigenvalue weighted by molar-refractivity contribution is -0.384. The van der Waals surface area contributed by atoms with Crippen molar-refractivity contribution in [2.45, 2.75) is 26.7 Å². The van der Waals surface area contributed by atoms with Crippen molar-refractivity contribution >= 4 is 28.7 Å². The van der Waals surface area contributed by atoms with Crippen LogP contribution in [0.4, 0.5) is 16.2 Å². The lowest BCUT2D eigenvalue weighted by Gasteiger charge is -2.12. The largest absolute Gasteiger partial charge is 0.337 e. The topological polar surface area (TPSA) is 97.2 Å². The molecule has 2 N–H and O–H groups in total. The number of nitro groups is 1. The number of carbonyl (C=O) groups is 1. The fraction of sp³-hybridized carbons (Fsp3) is 0.333. The molecular weight excluding hydrogens is 316 g/mol. The highest BCUT2D eigenvalue weighted by atomic mass is 32.1. The van der Waals surface area contributed by atoms with Crippen LogP contribution in [0.1, 0.15) is 29.1 Å². The fourth-order valence-corrected chi connectivity index (χ4v) is 2.86. The van der Waals surface area contributed by atoms with E-state index in [2.05, 4.69) is 15.6 Å². The minimum Gasteiger partial charge on any atom is -0.337 e. The Morgan fingerprint density at radius 3 is 2.74 bits per heavy atom. The summed E-state index contributed by atoms with van der Waals surface area (Å²) in [6.45, 7) is 6.11. The molecule has 1 heterocycles. The van der Waals surface area contributed by atoms with Crippen LogP contribution >= 0.6 is 11.3 Å². The number of nitro benzene ring substituents is 1. The van der Waals surface area contributed by atoms with Gasteiger partial charge in [-0.25, -0.2) is 9.78 Å². The first-order valence-electron chi connectivity index (χ1n) is 7.08. The zero-order valence-corrected chi connectivity index (χ0v) is 13.9. The minimum absolute atomic E-state index is 0.00113. The molecule has 0 aliphatic carbocycles. The number of thiazole rings is 1. The van der Waals surface area contributed by atoms with E-state index in [1.54, 1.807) is 18.3 Å². The smallest absolute Gasteiger partial charge is 0.319 e. The van der Waals surface area contributed by atoms with Crippen molar-refractivity contribution in [3.63, 3.8) is 0 Å². The van der Waals surface area contributed by atoms with Crippen molar-refractivity contribution in [1.29, 1.82) is 0 Å². The SMILES string of the molecule is Cc1csc(C(C)CNC(=O)Nc2ccc([N+](=O)[O-])cc2C)n1. The number of carbonyl (C=O) groups excluding carboxylic acids is 1. The van der Waals surface area contributed by atoms with Gasteiger partial charge in [-0.3, -0.25) is 10.1 Å². The molecule has 0 saturated heterocycles. The van der Waals surface area contributed by atoms with Crippen LogP contribution in [0.15, 0.2) is 23.6 Å². The van der Waals surface area contributed by atoms with E-state index in [0.29, 0.717) is 17.8 Å². The Morgan fingerprint density at radius 1 is 1.43 bits per heavy atom. The Balaban J connectivity index is 1.91. The third-order valence-corrected chi connectivity index (χ3v) is 4.49. The predicted molar refractivity (Wildman–Crippen MR) is 90.1 cm³/mol. The molecule has 7 nitrogen and oxygen atoms in total. The normalized spacial score (nSPS) is 11.8. The van der Waals surface area contributed by atoms with Crippen LogP contribution < -0.4 is 10.6 Å². The summed E-state index contributed by atoms with van der Waals surface area (Å²) < 4.78 is 0. The first-order chi connectivity index (χ1) is 10.9. The number of amides is 2. The van der Waals surface area contributed by atoms with E-state index in [-0.39, 0.29) is 17.6 Å². The van der Waals surface area contributed by atoms with Crippen molar-refractivity contribution in [3.05, 3.63) is 50.0 Å². The van der Waals surface area contributed by atoms with Crippen molar-refractivity contribution in [1.82, 2.24) is 10.3 Å². The predicted octanol–water partition coefficient (Wildman–Crippen LogP) is 3.59. The molecule has 2 rings (SSSR count). The number of anilines is 1. The zero-order valence-electron chi connectivity index (χ0n) is 13.1. The van der Waals surface area contributed by atoms with Gasteiger partial charge in [-0.05, 0) is 25.5 Å². The molecule has 8 heteroatoms. The lowest BCUT2D eigenvalue weighted by atomic mass is 10.2. The van der Waals surface area contributed by atoms with E-state index in [4.69, 9.17) is 0 Å². The van der Waals surface area contributed by atoms with Gasteiger partial charge in [0.2, 0.25) is 0 Å². The Kier molecular flexibility index (Phi) is 5.28. The number of aromatic nitrogens is 1. The second kappa shape index (κ2) is 7.19. The molecular formula is C15H18N4O3S. The van der Waals surface area contributed by atoms with Crippen LogP contribution in [-0.4, -0.2) is 22.5 Å². The molecule has 1 aromatic heterocycles. The summed E-state index contributed by atoms with van der Waals surface area (Å²) in [5, 5.41) is 19.1. The molecule has 0 bridgehead atoms. The van der Waals surface area contributed by atoms with Crippen molar-refractivity contribution in [2.24, 2.45) is 0 Å². The van der Waals surface area contributed by atoms with Crippen molar-refractivity contribution in [3.8, 4) is 0 Å². The molecule has 0 radical (unpaired) electrons. The third-order valence-electron chi connectivity index (χ3n) is 3.30. The number of urea groups is 1. The zero-order chi connectivity index (χ0) is 17.0. The van der Waals surface area contributed by atoms with Gasteiger partial charge in [0.15, 0.2) is 0 Å². The summed E-state index contributed by atoms with van der Waals surface area (Å²) in [5.74, 6) is 0.123. The summed E-state index contributed by atoms with van der Waals surface area (Å²) in [6.07, 6.45) is 0. The molecule has 0 saturated carbocycles. The van der Waals surface area contributed by atoms with Gasteiger partial charge in [0.25, 0.3) is 5.69 Å². The molecule has 0 aliphatic rings. The van der Waals surface area contributed by atoms with Crippen LogP contribution in [-0.2, 0) is 0 Å². The highest BCUT2D eigenvalue weighted by Crippen LogP contribution is 2.21. The molecule has 1 atom stereocenters. The van der Waals surface area contributed by atoms with Gasteiger partial charge in [0.05, 0.1) is 9.93 Å². The van der Waals surface area contributed by atoms with E-state index < -0.39 is 4.92 Å². The van der Waals surface area contributed by atoms with Gasteiger partial charge in [-0.1, -0.05) is 6.92 Å². The summed E-state index contributed by atoms with van der Waals surface area (Å²) in [7, 11) is 0. The van der Waals surface area contributed by atoms with Crippen LogP contribution in [0.5, 0.6) is 0 Å². The Morgan fingerprint density at radius 2 is 2.17 bits per heavy atom. The highest BCUT2D eigenvalue weighted by Gasteiger charge is 2.13. The van der Waals surface area contributed by atoms with Crippen LogP contribution in [0.25, 0.3) is 0 Å². The molecule has 0 aliphatic heterocycles. The van der Waals surface area contributed by atoms with Gasteiger partial charge in [0.1, 0.15) is 0 Å². The second-order valence-corrected chi connectivity index (χ2v) is 6.21. The first-order valence-corrected chi connectivity index (χ1v) is 7.96. The third kappa shape index (κ3) is 4.49. The van der Waals surface area contributed by atoms with Crippen LogP contribution in [0.3, 0.4) is 0 Å². The van der Waals surface area contributed by atoms with Gasteiger partial charge >= 0.3 is 6.03 Å². The second-order valence-electron chi connectivity index (χ2n) is 5.32. The minimum atomic E-state index is -0.464. The van der Waals surface area contributed by atoms with E-state index >= 15 is 0 Å². The quantitative estimate of drug-likeness (QED) is 0.645. The molecule has 122 valence electrons. The standard InChI is InChI=1S/C15H18N4O3S/c1-9-6-12(19(21)22)4-5-13(9)18-15(20)16-7-10(2)14-17-11(3)8-23-14/h4-6,8,10H,7H2,1-3H3,(H2,16,18,20). The van der Waals surface area contributed by atoms with Crippen LogP contribution in [0, 0.1) is 24.0 Å². The average molecular weight is 334 g/mol. The molecule has 1 aromatic carbocycles. The Hall–Kier alpha value is -2.48. The summed E-state index contributed by atoms with van der Waals surface area (Å²) in [5.41, 5.74) is 2.16. The number of benzene rings is 1. The van der Waals surface area contributed by atoms with Gasteiger partial charge in [-0.15, -0.1) is 11.3 Å². The number of aryl methyl sites for hydroxylation is 2. The Bertz CT molecular complexity index is 729. The molecule has 0 fully saturated rings. The average Bonchev–Trinajstić information content (AvgIpc) is 2.93. The molecule has 1 unspecified atom stereocenters. The van der Waals surface area contributed by atoms with Crippen LogP contribution in [0.2, 0.25) is 0 Å². The summed E-state index contributed by atoms with van der Waals surface area (Å²) >= 11 is 1.57. The lowest BCUT2D eigenvalue weighted by Crippen LogP contribution is -2.32. The monoisotopic (exact) mass is 334 g/mol. The van der Waals surface area contributed by atoms with Gasteiger partial charge < -0.3 is 10.6 Å². The molecule has 23 heavy (non-hydrogen) atoms. The highest BCUT2D eigenvalue weighted by molar-refractivity contribution is 7.09. The number of rotatable bonds is 5. The summed E-state index contributed by atoms with van der Waals surface area (Å²) in [4.78, 5) is 26.6. The van der Waals surface area contributed by atoms with E-state index in [1.807, 2.05) is 19.2 Å². The van der Waals surface area contributed by atoms with E-state index in [9.17, 15) is 14.9 Å². The molecule has 2 aromatic rings. The number of hydrogen-bond donors (Lipinski definition) is 2. The van der Waals surface area contributed by atoms with Crippen molar-refractivity contribution in [2.75, 3.05) is 11.9 Å². The number of nitrogens with zero attached hydrogens (tertiary/aromatic N) is 2. The Labute approximate surface area is 137 Å². The van der Waals surface area contributed by atoms with E-state index in [1.165, 1.54) is 18.2 Å². The van der Waals surface area contributed by atoms with E-state index in [0.717, 1.165) is 10.7 Å². The summed E-state index contributed by atoms with van der Waals surface area (Å²) in [6, 6.07) is 3.97. The number of non-ortho nitro benzene ring substituents is 1. The first kappa shape index (κ1) is 16.9. The molecule has 2 amide bonds. The number of nitrogens with one attached hydrogen (secondary N) is 2. The van der Waals surface area contributed by atoms with Gasteiger partial charge in [-0.2, -0.15) is 0 Å². The van der Waals surface area contributed by atoms with Crippen molar-refractivity contribution < 1.29 is 9.72 Å². The maximum Gasteiger partial charge on any atom is 0.319 e. The maximum atomic E-state index is 12.0.